The highest BCUT2D eigenvalue weighted by Crippen LogP contribution is 2.42. The van der Waals surface area contributed by atoms with Crippen molar-refractivity contribution in [1.29, 1.82) is 10.5 Å². The Labute approximate surface area is 240 Å². The molecule has 2 aromatic heterocycles. The monoisotopic (exact) mass is 536 g/mol. The maximum Gasteiger partial charge on any atom is 0.135 e. The average Bonchev–Trinajstić information content (AvgIpc) is 3.61. The van der Waals surface area contributed by atoms with Gasteiger partial charge in [-0.05, 0) is 88.5 Å². The zero-order chi connectivity index (χ0) is 28.2. The summed E-state index contributed by atoms with van der Waals surface area (Å²) in [6.45, 7) is 0. The molecule has 0 radical (unpaired) electrons. The molecule has 6 aromatic carbocycles. The standard InChI is InChI=1S/C38H20N2O2/c39-21-23-6-5-7-25(16-23)31-20-27(24-12-14-36-32(18-24)29-8-1-3-10-34(29)41-36)17-28(22-40)38(31)26-13-15-37-33(19-26)30-9-2-4-11-35(30)42-37/h1-20H. The Morgan fingerprint density at radius 2 is 1.05 bits per heavy atom. The summed E-state index contributed by atoms with van der Waals surface area (Å²) < 4.78 is 12.1. The van der Waals surface area contributed by atoms with Crippen molar-refractivity contribution in [2.45, 2.75) is 0 Å². The van der Waals surface area contributed by atoms with E-state index in [4.69, 9.17) is 8.83 Å². The van der Waals surface area contributed by atoms with Gasteiger partial charge in [0, 0.05) is 27.1 Å². The topological polar surface area (TPSA) is 73.9 Å². The quantitative estimate of drug-likeness (QED) is 0.225. The van der Waals surface area contributed by atoms with Crippen molar-refractivity contribution >= 4 is 43.9 Å². The molecular formula is C38H20N2O2. The molecule has 8 aromatic rings. The summed E-state index contributed by atoms with van der Waals surface area (Å²) in [5.74, 6) is 0. The van der Waals surface area contributed by atoms with Crippen molar-refractivity contribution in [1.82, 2.24) is 0 Å². The van der Waals surface area contributed by atoms with Crippen LogP contribution in [0.3, 0.4) is 0 Å². The lowest BCUT2D eigenvalue weighted by Gasteiger charge is -2.16. The van der Waals surface area contributed by atoms with E-state index in [1.165, 1.54) is 0 Å². The zero-order valence-corrected chi connectivity index (χ0v) is 22.3. The van der Waals surface area contributed by atoms with Crippen LogP contribution in [0.25, 0.3) is 77.3 Å². The molecule has 0 N–H and O–H groups in total. The van der Waals surface area contributed by atoms with Gasteiger partial charge in [0.05, 0.1) is 23.3 Å². The number of nitrogens with zero attached hydrogens (tertiary/aromatic N) is 2. The lowest BCUT2D eigenvalue weighted by molar-refractivity contribution is 0.668. The predicted octanol–water partition coefficient (Wildman–Crippen LogP) is 10.2. The molecule has 8 rings (SSSR count). The molecule has 0 aliphatic heterocycles. The molecule has 4 heteroatoms. The number of para-hydroxylation sites is 2. The minimum Gasteiger partial charge on any atom is -0.456 e. The Balaban J connectivity index is 1.40. The molecule has 194 valence electrons. The second-order valence-electron chi connectivity index (χ2n) is 10.4. The van der Waals surface area contributed by atoms with E-state index in [-0.39, 0.29) is 0 Å². The van der Waals surface area contributed by atoms with Crippen molar-refractivity contribution < 1.29 is 8.83 Å². The van der Waals surface area contributed by atoms with Crippen LogP contribution in [0.2, 0.25) is 0 Å². The maximum atomic E-state index is 10.5. The summed E-state index contributed by atoms with van der Waals surface area (Å²) in [6, 6.07) is 44.5. The highest BCUT2D eigenvalue weighted by Gasteiger charge is 2.18. The first-order valence-electron chi connectivity index (χ1n) is 13.6. The molecule has 0 saturated carbocycles. The van der Waals surface area contributed by atoms with E-state index in [1.807, 2.05) is 91.0 Å². The number of furan rings is 2. The van der Waals surface area contributed by atoms with E-state index < -0.39 is 0 Å². The maximum absolute atomic E-state index is 10.5. The number of benzene rings is 6. The van der Waals surface area contributed by atoms with Crippen molar-refractivity contribution in [2.24, 2.45) is 0 Å². The molecule has 0 bridgehead atoms. The Hall–Kier alpha value is -6.10. The SMILES string of the molecule is N#Cc1cccc(-c2cc(-c3ccc4oc5ccccc5c4c3)cc(C#N)c2-c2ccc3oc4ccccc4c3c2)c1. The Morgan fingerprint density at radius 1 is 0.429 bits per heavy atom. The van der Waals surface area contributed by atoms with Gasteiger partial charge >= 0.3 is 0 Å². The van der Waals surface area contributed by atoms with Crippen LogP contribution in [0, 0.1) is 22.7 Å². The van der Waals surface area contributed by atoms with Crippen molar-refractivity contribution in [3.8, 4) is 45.5 Å². The van der Waals surface area contributed by atoms with E-state index in [9.17, 15) is 10.5 Å². The van der Waals surface area contributed by atoms with E-state index in [0.29, 0.717) is 11.1 Å². The minimum atomic E-state index is 0.550. The fourth-order valence-electron chi connectivity index (χ4n) is 5.98. The van der Waals surface area contributed by atoms with Crippen LogP contribution < -0.4 is 0 Å². The molecule has 4 nitrogen and oxygen atoms in total. The van der Waals surface area contributed by atoms with Gasteiger partial charge < -0.3 is 8.83 Å². The van der Waals surface area contributed by atoms with Gasteiger partial charge in [0.15, 0.2) is 0 Å². The predicted molar refractivity (Wildman–Crippen MR) is 167 cm³/mol. The molecule has 0 aliphatic rings. The fraction of sp³-hybridized carbons (Fsp3) is 0. The second-order valence-corrected chi connectivity index (χ2v) is 10.4. The van der Waals surface area contributed by atoms with Crippen LogP contribution in [0.4, 0.5) is 0 Å². The largest absolute Gasteiger partial charge is 0.456 e. The third-order valence-electron chi connectivity index (χ3n) is 7.94. The first kappa shape index (κ1) is 23.8. The van der Waals surface area contributed by atoms with Crippen molar-refractivity contribution in [2.75, 3.05) is 0 Å². The van der Waals surface area contributed by atoms with Crippen LogP contribution in [-0.2, 0) is 0 Å². The summed E-state index contributed by atoms with van der Waals surface area (Å²) in [5, 5.41) is 24.3. The summed E-state index contributed by atoms with van der Waals surface area (Å²) in [4.78, 5) is 0. The lowest BCUT2D eigenvalue weighted by Crippen LogP contribution is -1.93. The van der Waals surface area contributed by atoms with Crippen LogP contribution in [0.15, 0.2) is 130 Å². The number of hydrogen-bond acceptors (Lipinski definition) is 4. The number of rotatable bonds is 3. The molecule has 42 heavy (non-hydrogen) atoms. The molecule has 0 fully saturated rings. The van der Waals surface area contributed by atoms with E-state index in [1.54, 1.807) is 6.07 Å². The molecular weight excluding hydrogens is 516 g/mol. The zero-order valence-electron chi connectivity index (χ0n) is 22.3. The Kier molecular flexibility index (Phi) is 5.22. The molecule has 0 unspecified atom stereocenters. The van der Waals surface area contributed by atoms with Gasteiger partial charge in [-0.3, -0.25) is 0 Å². The molecule has 0 atom stereocenters. The minimum absolute atomic E-state index is 0.550. The number of fused-ring (bicyclic) bond motifs is 6. The highest BCUT2D eigenvalue weighted by atomic mass is 16.3. The van der Waals surface area contributed by atoms with E-state index >= 15 is 0 Å². The summed E-state index contributed by atoms with van der Waals surface area (Å²) in [6.07, 6.45) is 0. The van der Waals surface area contributed by atoms with Crippen LogP contribution >= 0.6 is 0 Å². The number of nitriles is 2. The lowest BCUT2D eigenvalue weighted by atomic mass is 9.86. The van der Waals surface area contributed by atoms with E-state index in [0.717, 1.165) is 77.3 Å². The van der Waals surface area contributed by atoms with Gasteiger partial charge in [0.2, 0.25) is 0 Å². The summed E-state index contributed by atoms with van der Waals surface area (Å²) in [7, 11) is 0. The second kappa shape index (κ2) is 9.24. The highest BCUT2D eigenvalue weighted by molar-refractivity contribution is 6.08. The average molecular weight is 537 g/mol. The first-order valence-corrected chi connectivity index (χ1v) is 13.6. The molecule has 2 heterocycles. The fourth-order valence-corrected chi connectivity index (χ4v) is 5.98. The molecule has 0 amide bonds. The number of hydrogen-bond donors (Lipinski definition) is 0. The van der Waals surface area contributed by atoms with Crippen LogP contribution in [0.5, 0.6) is 0 Å². The van der Waals surface area contributed by atoms with Crippen LogP contribution in [-0.4, -0.2) is 0 Å². The van der Waals surface area contributed by atoms with Gasteiger partial charge in [0.25, 0.3) is 0 Å². The third kappa shape index (κ3) is 3.68. The van der Waals surface area contributed by atoms with Crippen molar-refractivity contribution in [3.63, 3.8) is 0 Å². The van der Waals surface area contributed by atoms with Gasteiger partial charge in [-0.1, -0.05) is 60.7 Å². The first-order chi connectivity index (χ1) is 20.7. The summed E-state index contributed by atoms with van der Waals surface area (Å²) >= 11 is 0. The summed E-state index contributed by atoms with van der Waals surface area (Å²) in [5.41, 5.74) is 9.76. The van der Waals surface area contributed by atoms with Crippen molar-refractivity contribution in [3.05, 3.63) is 132 Å². The molecule has 0 saturated heterocycles. The Bertz CT molecular complexity index is 2450. The van der Waals surface area contributed by atoms with Gasteiger partial charge in [0.1, 0.15) is 22.3 Å². The normalized spacial score (nSPS) is 11.3. The van der Waals surface area contributed by atoms with Gasteiger partial charge in [-0.15, -0.1) is 0 Å². The molecule has 0 aliphatic carbocycles. The van der Waals surface area contributed by atoms with Crippen LogP contribution in [0.1, 0.15) is 11.1 Å². The Morgan fingerprint density at radius 3 is 1.71 bits per heavy atom. The smallest absolute Gasteiger partial charge is 0.135 e. The van der Waals surface area contributed by atoms with Gasteiger partial charge in [-0.25, -0.2) is 0 Å². The third-order valence-corrected chi connectivity index (χ3v) is 7.94. The van der Waals surface area contributed by atoms with E-state index in [2.05, 4.69) is 36.4 Å². The molecule has 0 spiro atoms. The van der Waals surface area contributed by atoms with Gasteiger partial charge in [-0.2, -0.15) is 10.5 Å².